The molecule has 4 rings (SSSR count). The lowest BCUT2D eigenvalue weighted by atomic mass is 10.2. The SMILES string of the molecule is O=c1cc(N2CCN(c3ccccc3Cl)CC2)[nH]c(=O)n1Cc1ccc(F)cc1. The summed E-state index contributed by atoms with van der Waals surface area (Å²) in [4.78, 5) is 32.0. The summed E-state index contributed by atoms with van der Waals surface area (Å²) in [5.74, 6) is 0.149. The van der Waals surface area contributed by atoms with Crippen LogP contribution in [-0.2, 0) is 6.54 Å². The predicted molar refractivity (Wildman–Crippen MR) is 113 cm³/mol. The highest BCUT2D eigenvalue weighted by molar-refractivity contribution is 6.33. The molecular weight excluding hydrogens is 395 g/mol. The van der Waals surface area contributed by atoms with Crippen LogP contribution in [0.4, 0.5) is 15.9 Å². The molecule has 6 nitrogen and oxygen atoms in total. The fraction of sp³-hybridized carbons (Fsp3) is 0.238. The molecule has 0 aliphatic carbocycles. The molecule has 2 heterocycles. The maximum atomic E-state index is 13.0. The van der Waals surface area contributed by atoms with E-state index in [4.69, 9.17) is 11.6 Å². The first-order valence-corrected chi connectivity index (χ1v) is 9.72. The van der Waals surface area contributed by atoms with E-state index in [-0.39, 0.29) is 17.9 Å². The molecule has 0 bridgehead atoms. The number of aromatic amines is 1. The predicted octanol–water partition coefficient (Wildman–Crippen LogP) is 2.70. The molecule has 0 unspecified atom stereocenters. The van der Waals surface area contributed by atoms with Crippen LogP contribution >= 0.6 is 11.6 Å². The molecule has 0 amide bonds. The molecule has 1 N–H and O–H groups in total. The maximum absolute atomic E-state index is 13.0. The van der Waals surface area contributed by atoms with Crippen LogP contribution in [0.3, 0.4) is 0 Å². The lowest BCUT2D eigenvalue weighted by molar-refractivity contribution is 0.623. The van der Waals surface area contributed by atoms with E-state index in [1.807, 2.05) is 29.2 Å². The van der Waals surface area contributed by atoms with Crippen LogP contribution in [0.1, 0.15) is 5.56 Å². The fourth-order valence-electron chi connectivity index (χ4n) is 3.50. The van der Waals surface area contributed by atoms with Crippen molar-refractivity contribution >= 4 is 23.1 Å². The van der Waals surface area contributed by atoms with Gasteiger partial charge in [-0.2, -0.15) is 0 Å². The molecule has 0 spiro atoms. The van der Waals surface area contributed by atoms with Crippen LogP contribution in [0.2, 0.25) is 5.02 Å². The average molecular weight is 415 g/mol. The average Bonchev–Trinajstić information content (AvgIpc) is 2.72. The zero-order valence-corrected chi connectivity index (χ0v) is 16.4. The summed E-state index contributed by atoms with van der Waals surface area (Å²) < 4.78 is 14.2. The molecule has 3 aromatic rings. The minimum atomic E-state index is -0.481. The van der Waals surface area contributed by atoms with E-state index in [1.165, 1.54) is 18.2 Å². The van der Waals surface area contributed by atoms with Gasteiger partial charge in [0.2, 0.25) is 0 Å². The zero-order valence-electron chi connectivity index (χ0n) is 15.6. The van der Waals surface area contributed by atoms with Crippen LogP contribution in [0.5, 0.6) is 0 Å². The largest absolute Gasteiger partial charge is 0.367 e. The minimum Gasteiger partial charge on any atom is -0.367 e. The van der Waals surface area contributed by atoms with Crippen LogP contribution in [0.15, 0.2) is 64.2 Å². The van der Waals surface area contributed by atoms with Gasteiger partial charge < -0.3 is 9.80 Å². The van der Waals surface area contributed by atoms with Crippen LogP contribution < -0.4 is 21.0 Å². The van der Waals surface area contributed by atoms with Crippen molar-refractivity contribution in [1.82, 2.24) is 9.55 Å². The summed E-state index contributed by atoms with van der Waals surface area (Å²) in [6.45, 7) is 2.86. The van der Waals surface area contributed by atoms with E-state index in [2.05, 4.69) is 9.88 Å². The van der Waals surface area contributed by atoms with Gasteiger partial charge in [-0.15, -0.1) is 0 Å². The van der Waals surface area contributed by atoms with E-state index >= 15 is 0 Å². The molecule has 0 radical (unpaired) electrons. The minimum absolute atomic E-state index is 0.0923. The normalized spacial score (nSPS) is 14.3. The molecule has 1 aliphatic rings. The second-order valence-electron chi connectivity index (χ2n) is 6.94. The Bertz CT molecular complexity index is 1090. The number of anilines is 2. The van der Waals surface area contributed by atoms with E-state index in [9.17, 15) is 14.0 Å². The molecule has 0 saturated carbocycles. The highest BCUT2D eigenvalue weighted by atomic mass is 35.5. The molecule has 1 aliphatic heterocycles. The molecule has 1 fully saturated rings. The second-order valence-corrected chi connectivity index (χ2v) is 7.34. The first-order chi connectivity index (χ1) is 14.0. The highest BCUT2D eigenvalue weighted by Gasteiger charge is 2.20. The van der Waals surface area contributed by atoms with Crippen molar-refractivity contribution in [3.8, 4) is 0 Å². The molecule has 2 aromatic carbocycles. The Kier molecular flexibility index (Phi) is 5.40. The van der Waals surface area contributed by atoms with Gasteiger partial charge in [-0.1, -0.05) is 35.9 Å². The number of benzene rings is 2. The Labute approximate surface area is 171 Å². The maximum Gasteiger partial charge on any atom is 0.330 e. The number of nitrogens with one attached hydrogen (secondary N) is 1. The summed E-state index contributed by atoms with van der Waals surface area (Å²) in [6.07, 6.45) is 0. The number of halogens is 2. The van der Waals surface area contributed by atoms with Gasteiger partial charge in [0.15, 0.2) is 0 Å². The van der Waals surface area contributed by atoms with Crippen molar-refractivity contribution in [3.05, 3.63) is 91.8 Å². The lowest BCUT2D eigenvalue weighted by Crippen LogP contribution is -2.48. The van der Waals surface area contributed by atoms with Gasteiger partial charge in [0.25, 0.3) is 5.56 Å². The Hall–Kier alpha value is -3.06. The van der Waals surface area contributed by atoms with Crippen molar-refractivity contribution in [1.29, 1.82) is 0 Å². The van der Waals surface area contributed by atoms with Crippen LogP contribution in [0.25, 0.3) is 0 Å². The van der Waals surface area contributed by atoms with Crippen LogP contribution in [0, 0.1) is 5.82 Å². The van der Waals surface area contributed by atoms with Crippen molar-refractivity contribution in [3.63, 3.8) is 0 Å². The number of piperazine rings is 1. The first kappa shape index (κ1) is 19.3. The molecule has 1 saturated heterocycles. The topological polar surface area (TPSA) is 61.3 Å². The van der Waals surface area contributed by atoms with Crippen molar-refractivity contribution in [2.75, 3.05) is 36.0 Å². The van der Waals surface area contributed by atoms with Gasteiger partial charge in [-0.05, 0) is 29.8 Å². The van der Waals surface area contributed by atoms with Gasteiger partial charge >= 0.3 is 5.69 Å². The van der Waals surface area contributed by atoms with Gasteiger partial charge in [-0.25, -0.2) is 9.18 Å². The molecular formula is C21H20ClFN4O2. The second kappa shape index (κ2) is 8.13. The first-order valence-electron chi connectivity index (χ1n) is 9.34. The molecule has 29 heavy (non-hydrogen) atoms. The third kappa shape index (κ3) is 4.19. The number of H-pyrrole nitrogens is 1. The summed E-state index contributed by atoms with van der Waals surface area (Å²) in [7, 11) is 0. The standard InChI is InChI=1S/C21H20ClFN4O2/c22-17-3-1-2-4-18(17)25-9-11-26(12-10-25)19-13-20(28)27(21(29)24-19)14-15-5-7-16(23)8-6-15/h1-8,13H,9-12,14H2,(H,24,29). The summed E-state index contributed by atoms with van der Waals surface area (Å²) in [5.41, 5.74) is 0.795. The van der Waals surface area contributed by atoms with E-state index in [0.717, 1.165) is 23.3 Å². The Morgan fingerprint density at radius 3 is 2.24 bits per heavy atom. The van der Waals surface area contributed by atoms with Crippen molar-refractivity contribution in [2.45, 2.75) is 6.54 Å². The van der Waals surface area contributed by atoms with Gasteiger partial charge in [0.05, 0.1) is 17.3 Å². The Morgan fingerprint density at radius 1 is 0.931 bits per heavy atom. The number of para-hydroxylation sites is 1. The smallest absolute Gasteiger partial charge is 0.330 e. The van der Waals surface area contributed by atoms with Crippen LogP contribution in [-0.4, -0.2) is 35.7 Å². The van der Waals surface area contributed by atoms with E-state index in [1.54, 1.807) is 12.1 Å². The third-order valence-electron chi connectivity index (χ3n) is 5.07. The third-order valence-corrected chi connectivity index (χ3v) is 5.39. The molecule has 0 atom stereocenters. The van der Waals surface area contributed by atoms with Gasteiger partial charge in [0, 0.05) is 32.2 Å². The number of nitrogens with zero attached hydrogens (tertiary/aromatic N) is 3. The Balaban J connectivity index is 1.49. The monoisotopic (exact) mass is 414 g/mol. The highest BCUT2D eigenvalue weighted by Crippen LogP contribution is 2.26. The van der Waals surface area contributed by atoms with Gasteiger partial charge in [0.1, 0.15) is 11.6 Å². The quantitative estimate of drug-likeness (QED) is 0.713. The summed E-state index contributed by atoms with van der Waals surface area (Å²) in [5, 5.41) is 0.706. The molecule has 150 valence electrons. The number of rotatable bonds is 4. The number of aromatic nitrogens is 2. The summed E-state index contributed by atoms with van der Waals surface area (Å²) >= 11 is 6.28. The number of hydrogen-bond acceptors (Lipinski definition) is 4. The fourth-order valence-corrected chi connectivity index (χ4v) is 3.75. The lowest BCUT2D eigenvalue weighted by Gasteiger charge is -2.37. The number of hydrogen-bond donors (Lipinski definition) is 1. The van der Waals surface area contributed by atoms with Gasteiger partial charge in [-0.3, -0.25) is 14.3 Å². The van der Waals surface area contributed by atoms with Crippen molar-refractivity contribution in [2.24, 2.45) is 0 Å². The van der Waals surface area contributed by atoms with E-state index < -0.39 is 5.69 Å². The molecule has 8 heteroatoms. The Morgan fingerprint density at radius 2 is 1.59 bits per heavy atom. The van der Waals surface area contributed by atoms with E-state index in [0.29, 0.717) is 29.5 Å². The summed E-state index contributed by atoms with van der Waals surface area (Å²) in [6, 6.07) is 14.9. The zero-order chi connectivity index (χ0) is 20.4. The van der Waals surface area contributed by atoms with Crippen molar-refractivity contribution < 1.29 is 4.39 Å². The molecule has 1 aromatic heterocycles.